The molecule has 1 unspecified atom stereocenters. The third-order valence-electron chi connectivity index (χ3n) is 3.34. The van der Waals surface area contributed by atoms with E-state index in [0.29, 0.717) is 12.5 Å². The summed E-state index contributed by atoms with van der Waals surface area (Å²) in [6.07, 6.45) is 1.64. The van der Waals surface area contributed by atoms with Crippen LogP contribution in [-0.2, 0) is 4.74 Å². The Labute approximate surface area is 122 Å². The Kier molecular flexibility index (Phi) is 6.71. The average molecular weight is 280 g/mol. The molecule has 5 nitrogen and oxygen atoms in total. The molecule has 1 atom stereocenters. The summed E-state index contributed by atoms with van der Waals surface area (Å²) in [5.74, 6) is 2.32. The van der Waals surface area contributed by atoms with Crippen LogP contribution >= 0.6 is 0 Å². The van der Waals surface area contributed by atoms with Crippen molar-refractivity contribution in [2.45, 2.75) is 46.6 Å². The van der Waals surface area contributed by atoms with Gasteiger partial charge in [-0.1, -0.05) is 13.8 Å². The molecule has 0 saturated carbocycles. The first kappa shape index (κ1) is 16.7. The normalized spacial score (nSPS) is 12.6. The van der Waals surface area contributed by atoms with E-state index in [1.807, 2.05) is 0 Å². The van der Waals surface area contributed by atoms with E-state index in [-0.39, 0.29) is 6.04 Å². The number of rotatable bonds is 8. The van der Waals surface area contributed by atoms with Crippen LogP contribution in [0, 0.1) is 0 Å². The zero-order valence-electron chi connectivity index (χ0n) is 13.6. The van der Waals surface area contributed by atoms with Crippen LogP contribution in [0.15, 0.2) is 6.33 Å². The van der Waals surface area contributed by atoms with Gasteiger partial charge in [0.05, 0.1) is 12.6 Å². The Morgan fingerprint density at radius 3 is 2.45 bits per heavy atom. The molecule has 20 heavy (non-hydrogen) atoms. The van der Waals surface area contributed by atoms with Gasteiger partial charge in [0.15, 0.2) is 0 Å². The topological polar surface area (TPSA) is 50.3 Å². The lowest BCUT2D eigenvalue weighted by Gasteiger charge is -2.31. The minimum Gasteiger partial charge on any atom is -0.383 e. The van der Waals surface area contributed by atoms with Gasteiger partial charge in [0.25, 0.3) is 0 Å². The molecule has 0 saturated heterocycles. The van der Waals surface area contributed by atoms with Crippen LogP contribution in [0.5, 0.6) is 0 Å². The maximum Gasteiger partial charge on any atom is 0.137 e. The van der Waals surface area contributed by atoms with Crippen LogP contribution < -0.4 is 10.2 Å². The van der Waals surface area contributed by atoms with Gasteiger partial charge in [0.2, 0.25) is 0 Å². The molecule has 1 N–H and O–H groups in total. The molecular weight excluding hydrogens is 252 g/mol. The highest BCUT2D eigenvalue weighted by molar-refractivity contribution is 5.60. The molecule has 1 aromatic heterocycles. The second-order valence-corrected chi connectivity index (χ2v) is 5.23. The second kappa shape index (κ2) is 8.04. The summed E-state index contributed by atoms with van der Waals surface area (Å²) in [6.45, 7) is 13.2. The number of nitrogens with zero attached hydrogens (tertiary/aromatic N) is 3. The summed E-state index contributed by atoms with van der Waals surface area (Å²) in [4.78, 5) is 11.2. The Bertz CT molecular complexity index is 409. The second-order valence-electron chi connectivity index (χ2n) is 5.23. The van der Waals surface area contributed by atoms with Gasteiger partial charge in [-0.3, -0.25) is 0 Å². The molecule has 0 aliphatic rings. The van der Waals surface area contributed by atoms with Crippen molar-refractivity contribution < 1.29 is 4.74 Å². The van der Waals surface area contributed by atoms with Gasteiger partial charge in [-0.2, -0.15) is 0 Å². The smallest absolute Gasteiger partial charge is 0.137 e. The third kappa shape index (κ3) is 3.82. The number of hydrogen-bond acceptors (Lipinski definition) is 5. The zero-order valence-corrected chi connectivity index (χ0v) is 13.6. The maximum absolute atomic E-state index is 5.29. The summed E-state index contributed by atoms with van der Waals surface area (Å²) in [5, 5.41) is 3.34. The minimum atomic E-state index is 0.284. The molecule has 0 aromatic carbocycles. The van der Waals surface area contributed by atoms with Crippen LogP contribution in [0.3, 0.4) is 0 Å². The van der Waals surface area contributed by atoms with Gasteiger partial charge >= 0.3 is 0 Å². The molecule has 0 aliphatic carbocycles. The van der Waals surface area contributed by atoms with Gasteiger partial charge < -0.3 is 15.0 Å². The highest BCUT2D eigenvalue weighted by Gasteiger charge is 2.22. The van der Waals surface area contributed by atoms with Crippen LogP contribution in [0.25, 0.3) is 0 Å². The molecule has 0 radical (unpaired) electrons. The van der Waals surface area contributed by atoms with Crippen molar-refractivity contribution >= 4 is 11.6 Å². The standard InChI is InChI=1S/C15H28N4O/c1-7-16-14-13(11(3)4)15(18-10-17-14)19(8-2)12(5)9-20-6/h10-12H,7-9H2,1-6H3,(H,16,17,18). The number of anilines is 2. The van der Waals surface area contributed by atoms with Crippen molar-refractivity contribution in [1.82, 2.24) is 9.97 Å². The summed E-state index contributed by atoms with van der Waals surface area (Å²) < 4.78 is 5.29. The molecule has 0 bridgehead atoms. The van der Waals surface area contributed by atoms with Gasteiger partial charge in [-0.05, 0) is 26.7 Å². The van der Waals surface area contributed by atoms with E-state index in [1.165, 1.54) is 5.56 Å². The highest BCUT2D eigenvalue weighted by atomic mass is 16.5. The van der Waals surface area contributed by atoms with Crippen LogP contribution in [0.4, 0.5) is 11.6 Å². The lowest BCUT2D eigenvalue weighted by molar-refractivity contribution is 0.181. The molecule has 0 amide bonds. The Morgan fingerprint density at radius 1 is 1.25 bits per heavy atom. The van der Waals surface area contributed by atoms with E-state index >= 15 is 0 Å². The summed E-state index contributed by atoms with van der Waals surface area (Å²) >= 11 is 0. The SMILES string of the molecule is CCNc1ncnc(N(CC)C(C)COC)c1C(C)C. The quantitative estimate of drug-likeness (QED) is 0.793. The average Bonchev–Trinajstić information content (AvgIpc) is 2.40. The van der Waals surface area contributed by atoms with E-state index in [9.17, 15) is 0 Å². The zero-order chi connectivity index (χ0) is 15.1. The van der Waals surface area contributed by atoms with E-state index in [0.717, 1.165) is 24.7 Å². The third-order valence-corrected chi connectivity index (χ3v) is 3.34. The number of hydrogen-bond donors (Lipinski definition) is 1. The number of aromatic nitrogens is 2. The molecule has 1 heterocycles. The molecule has 0 aliphatic heterocycles. The number of nitrogens with one attached hydrogen (secondary N) is 1. The molecule has 5 heteroatoms. The molecule has 0 spiro atoms. The monoisotopic (exact) mass is 280 g/mol. The first-order valence-corrected chi connectivity index (χ1v) is 7.41. The fraction of sp³-hybridized carbons (Fsp3) is 0.733. The van der Waals surface area contributed by atoms with Crippen LogP contribution in [-0.4, -0.2) is 42.8 Å². The molecule has 114 valence electrons. The van der Waals surface area contributed by atoms with E-state index in [2.05, 4.69) is 54.8 Å². The Morgan fingerprint density at radius 2 is 1.95 bits per heavy atom. The first-order valence-electron chi connectivity index (χ1n) is 7.41. The number of methoxy groups -OCH3 is 1. The van der Waals surface area contributed by atoms with Crippen molar-refractivity contribution in [3.8, 4) is 0 Å². The van der Waals surface area contributed by atoms with Crippen molar-refractivity contribution in [3.05, 3.63) is 11.9 Å². The number of ether oxygens (including phenoxy) is 1. The lowest BCUT2D eigenvalue weighted by Crippen LogP contribution is -2.37. The van der Waals surface area contributed by atoms with Crippen molar-refractivity contribution in [2.75, 3.05) is 37.0 Å². The van der Waals surface area contributed by atoms with Crippen molar-refractivity contribution in [2.24, 2.45) is 0 Å². The van der Waals surface area contributed by atoms with Gasteiger partial charge in [0.1, 0.15) is 18.0 Å². The fourth-order valence-electron chi connectivity index (χ4n) is 2.46. The van der Waals surface area contributed by atoms with Crippen LogP contribution in [0.1, 0.15) is 46.1 Å². The Balaban J connectivity index is 3.23. The fourth-order valence-corrected chi connectivity index (χ4v) is 2.46. The summed E-state index contributed by atoms with van der Waals surface area (Å²) in [7, 11) is 1.73. The molecule has 1 rings (SSSR count). The molecule has 1 aromatic rings. The predicted molar refractivity (Wildman–Crippen MR) is 84.6 cm³/mol. The largest absolute Gasteiger partial charge is 0.383 e. The van der Waals surface area contributed by atoms with Gasteiger partial charge in [-0.25, -0.2) is 9.97 Å². The van der Waals surface area contributed by atoms with Crippen molar-refractivity contribution in [3.63, 3.8) is 0 Å². The molecule has 0 fully saturated rings. The Hall–Kier alpha value is -1.36. The van der Waals surface area contributed by atoms with Crippen molar-refractivity contribution in [1.29, 1.82) is 0 Å². The van der Waals surface area contributed by atoms with Gasteiger partial charge in [0, 0.05) is 25.8 Å². The predicted octanol–water partition coefficient (Wildman–Crippen LogP) is 2.89. The van der Waals surface area contributed by atoms with Crippen LogP contribution in [0.2, 0.25) is 0 Å². The number of likely N-dealkylation sites (N-methyl/N-ethyl adjacent to an activating group) is 1. The lowest BCUT2D eigenvalue weighted by atomic mass is 10.0. The molecular formula is C15H28N4O. The maximum atomic E-state index is 5.29. The summed E-state index contributed by atoms with van der Waals surface area (Å²) in [5.41, 5.74) is 1.18. The van der Waals surface area contributed by atoms with E-state index in [1.54, 1.807) is 13.4 Å². The summed E-state index contributed by atoms with van der Waals surface area (Å²) in [6, 6.07) is 0.284. The van der Waals surface area contributed by atoms with Gasteiger partial charge in [-0.15, -0.1) is 0 Å². The first-order chi connectivity index (χ1) is 9.56. The van der Waals surface area contributed by atoms with E-state index in [4.69, 9.17) is 4.74 Å². The minimum absolute atomic E-state index is 0.284. The van der Waals surface area contributed by atoms with E-state index < -0.39 is 0 Å². The highest BCUT2D eigenvalue weighted by Crippen LogP contribution is 2.31.